The van der Waals surface area contributed by atoms with Gasteiger partial charge in [-0.05, 0) is 48.5 Å². The molecule has 0 aliphatic rings. The number of fused-ring (bicyclic) bond motifs is 3. The maximum atomic E-state index is 15.1. The van der Waals surface area contributed by atoms with Gasteiger partial charge in [0.2, 0.25) is 11.6 Å². The first-order valence-corrected chi connectivity index (χ1v) is 15.8. The zero-order valence-corrected chi connectivity index (χ0v) is 25.6. The van der Waals surface area contributed by atoms with Gasteiger partial charge in [-0.2, -0.15) is 0 Å². The van der Waals surface area contributed by atoms with Gasteiger partial charge >= 0.3 is 0 Å². The number of imidazole rings is 2. The monoisotopic (exact) mass is 629 g/mol. The molecule has 0 amide bonds. The quantitative estimate of drug-likeness (QED) is 0.199. The standard InChI is InChI=1S/C36H29N3OP.BrH/c1-38-31-24-14-15-25-32(31)39-35(34(37-36(38)39)27-16-6-2-7-17-27)33(40)26-41(28-18-8-3-9-19-28,29-20-10-4-11-21-29)30-22-12-5-13-23-30;/h2-25H,26H2,1H3;1H/q+1;/p-1. The highest BCUT2D eigenvalue weighted by atomic mass is 79.9. The highest BCUT2D eigenvalue weighted by molar-refractivity contribution is 7.96. The summed E-state index contributed by atoms with van der Waals surface area (Å²) in [5.74, 6) is 0.842. The van der Waals surface area contributed by atoms with Gasteiger partial charge in [0.1, 0.15) is 40.7 Å². The molecule has 0 fully saturated rings. The lowest BCUT2D eigenvalue weighted by molar-refractivity contribution is -0.0000158. The van der Waals surface area contributed by atoms with E-state index >= 15 is 4.79 Å². The number of hydrogen-bond donors (Lipinski definition) is 0. The molecule has 7 rings (SSSR count). The molecule has 2 aromatic heterocycles. The smallest absolute Gasteiger partial charge is 0.220 e. The van der Waals surface area contributed by atoms with Crippen molar-refractivity contribution < 1.29 is 21.8 Å². The predicted octanol–water partition coefficient (Wildman–Crippen LogP) is 3.67. The number of aromatic nitrogens is 3. The summed E-state index contributed by atoms with van der Waals surface area (Å²) in [6.07, 6.45) is 0.349. The topological polar surface area (TPSA) is 39.3 Å². The molecule has 6 heteroatoms. The fourth-order valence-electron chi connectivity index (χ4n) is 6.02. The minimum Gasteiger partial charge on any atom is -1.00 e. The van der Waals surface area contributed by atoms with E-state index in [-0.39, 0.29) is 22.8 Å². The van der Waals surface area contributed by atoms with Crippen LogP contribution in [-0.2, 0) is 7.05 Å². The third-order valence-electron chi connectivity index (χ3n) is 7.93. The Morgan fingerprint density at radius 3 is 1.55 bits per heavy atom. The Labute approximate surface area is 256 Å². The molecule has 0 unspecified atom stereocenters. The summed E-state index contributed by atoms with van der Waals surface area (Å²) in [5.41, 5.74) is 4.31. The van der Waals surface area contributed by atoms with E-state index in [9.17, 15) is 0 Å². The number of nitrogens with zero attached hydrogens (tertiary/aromatic N) is 3. The molecule has 0 saturated carbocycles. The van der Waals surface area contributed by atoms with E-state index in [1.54, 1.807) is 0 Å². The van der Waals surface area contributed by atoms with Gasteiger partial charge in [0.25, 0.3) is 0 Å². The number of halogens is 1. The maximum absolute atomic E-state index is 15.1. The minimum atomic E-state index is -2.39. The lowest BCUT2D eigenvalue weighted by atomic mass is 10.1. The molecule has 0 bridgehead atoms. The number of hydrogen-bond acceptors (Lipinski definition) is 2. The van der Waals surface area contributed by atoms with Crippen molar-refractivity contribution in [3.63, 3.8) is 0 Å². The van der Waals surface area contributed by atoms with Gasteiger partial charge in [0.05, 0.1) is 11.0 Å². The Morgan fingerprint density at radius 1 is 0.619 bits per heavy atom. The van der Waals surface area contributed by atoms with Crippen molar-refractivity contribution in [2.45, 2.75) is 0 Å². The van der Waals surface area contributed by atoms with Crippen LogP contribution in [0, 0.1) is 0 Å². The number of ketones is 1. The van der Waals surface area contributed by atoms with E-state index in [1.807, 2.05) is 67.7 Å². The van der Waals surface area contributed by atoms with Crippen molar-refractivity contribution >= 4 is 45.8 Å². The number of Topliss-reactive ketones (excluding diaryl/α,β-unsaturated/α-hetero) is 1. The SMILES string of the molecule is Cn1c2ccccc2n2c(C(=O)C[P+](c3ccccc3)(c3ccccc3)c3ccccc3)c(-c3ccccc3)nc12.[Br-]. The van der Waals surface area contributed by atoms with Gasteiger partial charge in [-0.15, -0.1) is 0 Å². The molecule has 2 heterocycles. The molecule has 0 radical (unpaired) electrons. The van der Waals surface area contributed by atoms with E-state index < -0.39 is 7.26 Å². The van der Waals surface area contributed by atoms with Gasteiger partial charge in [0.15, 0.2) is 0 Å². The molecule has 5 aromatic carbocycles. The highest BCUT2D eigenvalue weighted by Crippen LogP contribution is 2.55. The van der Waals surface area contributed by atoms with Crippen molar-refractivity contribution in [3.8, 4) is 11.3 Å². The first kappa shape index (κ1) is 27.8. The van der Waals surface area contributed by atoms with Gasteiger partial charge in [-0.25, -0.2) is 4.98 Å². The number of benzene rings is 5. The summed E-state index contributed by atoms with van der Waals surface area (Å²) < 4.78 is 4.14. The Hall–Kier alpha value is -4.31. The first-order valence-electron chi connectivity index (χ1n) is 13.8. The second kappa shape index (κ2) is 11.5. The zero-order chi connectivity index (χ0) is 27.8. The summed E-state index contributed by atoms with van der Waals surface area (Å²) in [5, 5.41) is 3.56. The van der Waals surface area contributed by atoms with Crippen LogP contribution in [-0.4, -0.2) is 25.9 Å². The van der Waals surface area contributed by atoms with Gasteiger partial charge in [-0.1, -0.05) is 97.1 Å². The summed E-state index contributed by atoms with van der Waals surface area (Å²) >= 11 is 0. The van der Waals surface area contributed by atoms with Gasteiger partial charge < -0.3 is 21.5 Å². The summed E-state index contributed by atoms with van der Waals surface area (Å²) in [4.78, 5) is 20.2. The number of rotatable bonds is 7. The third-order valence-corrected chi connectivity index (χ3v) is 12.2. The molecule has 0 N–H and O–H groups in total. The second-order valence-electron chi connectivity index (χ2n) is 10.3. The molecule has 0 saturated heterocycles. The van der Waals surface area contributed by atoms with Gasteiger partial charge in [0, 0.05) is 12.6 Å². The van der Waals surface area contributed by atoms with Crippen molar-refractivity contribution in [2.75, 3.05) is 6.16 Å². The number of aryl methyl sites for hydroxylation is 1. The molecule has 0 aliphatic heterocycles. The van der Waals surface area contributed by atoms with E-state index in [2.05, 4.69) is 93.9 Å². The fourth-order valence-corrected chi connectivity index (χ4v) is 10.1. The molecular weight excluding hydrogens is 601 g/mol. The summed E-state index contributed by atoms with van der Waals surface area (Å²) in [6.45, 7) is 0. The average molecular weight is 631 g/mol. The molecule has 0 atom stereocenters. The maximum Gasteiger partial charge on any atom is 0.220 e. The summed E-state index contributed by atoms with van der Waals surface area (Å²) in [6, 6.07) is 50.0. The number of carbonyl (C=O) groups is 1. The van der Waals surface area contributed by atoms with E-state index in [1.165, 1.54) is 15.9 Å². The van der Waals surface area contributed by atoms with Crippen LogP contribution < -0.4 is 32.9 Å². The predicted molar refractivity (Wildman–Crippen MR) is 171 cm³/mol. The van der Waals surface area contributed by atoms with Crippen LogP contribution in [0.3, 0.4) is 0 Å². The van der Waals surface area contributed by atoms with Crippen molar-refractivity contribution in [2.24, 2.45) is 7.05 Å². The van der Waals surface area contributed by atoms with Crippen molar-refractivity contribution in [1.29, 1.82) is 0 Å². The van der Waals surface area contributed by atoms with Crippen LogP contribution in [0.1, 0.15) is 10.5 Å². The van der Waals surface area contributed by atoms with E-state index in [0.29, 0.717) is 11.9 Å². The molecule has 206 valence electrons. The van der Waals surface area contributed by atoms with Crippen LogP contribution in [0.25, 0.3) is 28.1 Å². The van der Waals surface area contributed by atoms with E-state index in [0.717, 1.165) is 28.1 Å². The Morgan fingerprint density at radius 2 is 1.05 bits per heavy atom. The molecule has 7 aromatic rings. The number of carbonyl (C=O) groups excluding carboxylic acids is 1. The van der Waals surface area contributed by atoms with Crippen LogP contribution in [0.2, 0.25) is 0 Å². The molecule has 42 heavy (non-hydrogen) atoms. The Kier molecular flexibility index (Phi) is 7.64. The van der Waals surface area contributed by atoms with Crippen LogP contribution in [0.5, 0.6) is 0 Å². The van der Waals surface area contributed by atoms with Crippen LogP contribution in [0.4, 0.5) is 0 Å². The third kappa shape index (κ3) is 4.50. The van der Waals surface area contributed by atoms with Crippen LogP contribution in [0.15, 0.2) is 146 Å². The zero-order valence-electron chi connectivity index (χ0n) is 23.1. The molecule has 0 spiro atoms. The average Bonchev–Trinajstić information content (AvgIpc) is 3.57. The van der Waals surface area contributed by atoms with Crippen molar-refractivity contribution in [1.82, 2.24) is 14.0 Å². The van der Waals surface area contributed by atoms with Crippen molar-refractivity contribution in [3.05, 3.63) is 151 Å². The normalized spacial score (nSPS) is 11.5. The van der Waals surface area contributed by atoms with E-state index in [4.69, 9.17) is 4.98 Å². The van der Waals surface area contributed by atoms with Gasteiger partial charge in [-0.3, -0.25) is 9.20 Å². The number of para-hydroxylation sites is 2. The lowest BCUT2D eigenvalue weighted by Crippen LogP contribution is -3.00. The molecule has 4 nitrogen and oxygen atoms in total. The minimum absolute atomic E-state index is 0. The second-order valence-corrected chi connectivity index (χ2v) is 13.7. The molecule has 0 aliphatic carbocycles. The highest BCUT2D eigenvalue weighted by Gasteiger charge is 2.48. The first-order chi connectivity index (χ1) is 20.2. The largest absolute Gasteiger partial charge is 1.00 e. The fraction of sp³-hybridized carbons (Fsp3) is 0.0556. The lowest BCUT2D eigenvalue weighted by Gasteiger charge is -2.27. The van der Waals surface area contributed by atoms with Crippen LogP contribution >= 0.6 is 7.26 Å². The Balaban J connectivity index is 0.00000316. The Bertz CT molecular complexity index is 1890. The summed E-state index contributed by atoms with van der Waals surface area (Å²) in [7, 11) is -0.374. The molecular formula is C36H29BrN3OP.